The summed E-state index contributed by atoms with van der Waals surface area (Å²) in [7, 11) is 0. The molecule has 1 aliphatic carbocycles. The Morgan fingerprint density at radius 3 is 2.62 bits per heavy atom. The maximum Gasteiger partial charge on any atom is 0.323 e. The van der Waals surface area contributed by atoms with Gasteiger partial charge in [0.2, 0.25) is 0 Å². The van der Waals surface area contributed by atoms with E-state index in [9.17, 15) is 9.59 Å². The lowest BCUT2D eigenvalue weighted by atomic mass is 10.0. The SMILES string of the molecule is NC(CCC[C@H](N)C(=O)O)C(=O)O[C@@H]1/C=C/CCCCC1. The van der Waals surface area contributed by atoms with Gasteiger partial charge in [0.25, 0.3) is 0 Å². The van der Waals surface area contributed by atoms with Gasteiger partial charge in [0.1, 0.15) is 18.2 Å². The summed E-state index contributed by atoms with van der Waals surface area (Å²) < 4.78 is 5.40. The number of ether oxygens (including phenoxy) is 1. The second-order valence-electron chi connectivity index (χ2n) is 5.52. The molecule has 0 fully saturated rings. The predicted octanol–water partition coefficient (Wildman–Crippen LogP) is 1.33. The van der Waals surface area contributed by atoms with Crippen LogP contribution in [0.3, 0.4) is 0 Å². The molecular weight excluding hydrogens is 272 g/mol. The molecule has 120 valence electrons. The topological polar surface area (TPSA) is 116 Å². The fourth-order valence-corrected chi connectivity index (χ4v) is 2.26. The number of rotatable bonds is 7. The van der Waals surface area contributed by atoms with E-state index in [1.807, 2.05) is 6.08 Å². The van der Waals surface area contributed by atoms with Crippen LogP contribution in [0.4, 0.5) is 0 Å². The highest BCUT2D eigenvalue weighted by Crippen LogP contribution is 2.15. The summed E-state index contributed by atoms with van der Waals surface area (Å²) in [4.78, 5) is 22.5. The summed E-state index contributed by atoms with van der Waals surface area (Å²) in [5.74, 6) is -1.46. The Hall–Kier alpha value is -1.40. The van der Waals surface area contributed by atoms with E-state index in [1.54, 1.807) is 0 Å². The number of aliphatic carboxylic acids is 1. The van der Waals surface area contributed by atoms with Crippen LogP contribution in [-0.2, 0) is 14.3 Å². The smallest absolute Gasteiger partial charge is 0.323 e. The number of hydrogen-bond donors (Lipinski definition) is 3. The molecule has 21 heavy (non-hydrogen) atoms. The van der Waals surface area contributed by atoms with Crippen LogP contribution in [-0.4, -0.2) is 35.2 Å². The van der Waals surface area contributed by atoms with Crippen LogP contribution >= 0.6 is 0 Å². The average Bonchev–Trinajstić information content (AvgIpc) is 2.41. The van der Waals surface area contributed by atoms with Crippen molar-refractivity contribution in [1.29, 1.82) is 0 Å². The van der Waals surface area contributed by atoms with Gasteiger partial charge < -0.3 is 21.3 Å². The lowest BCUT2D eigenvalue weighted by molar-refractivity contribution is -0.149. The van der Waals surface area contributed by atoms with Crippen molar-refractivity contribution in [3.8, 4) is 0 Å². The Bertz CT molecular complexity index is 371. The number of carbonyl (C=O) groups is 2. The number of carbonyl (C=O) groups excluding carboxylic acids is 1. The maximum atomic E-state index is 11.9. The van der Waals surface area contributed by atoms with Gasteiger partial charge in [-0.25, -0.2) is 0 Å². The molecule has 0 radical (unpaired) electrons. The van der Waals surface area contributed by atoms with E-state index in [-0.39, 0.29) is 6.10 Å². The van der Waals surface area contributed by atoms with Gasteiger partial charge in [-0.15, -0.1) is 0 Å². The molecule has 0 aromatic rings. The first-order valence-electron chi connectivity index (χ1n) is 7.62. The Balaban J connectivity index is 2.29. The lowest BCUT2D eigenvalue weighted by Crippen LogP contribution is -2.35. The van der Waals surface area contributed by atoms with Crippen LogP contribution in [0.25, 0.3) is 0 Å². The largest absolute Gasteiger partial charge is 0.480 e. The van der Waals surface area contributed by atoms with Crippen molar-refractivity contribution >= 4 is 11.9 Å². The lowest BCUT2D eigenvalue weighted by Gasteiger charge is -2.19. The molecule has 0 aliphatic heterocycles. The molecule has 1 rings (SSSR count). The first-order chi connectivity index (χ1) is 10.0. The van der Waals surface area contributed by atoms with Crippen LogP contribution in [0.1, 0.15) is 51.4 Å². The minimum atomic E-state index is -1.04. The molecule has 0 amide bonds. The van der Waals surface area contributed by atoms with E-state index >= 15 is 0 Å². The number of esters is 1. The third-order valence-corrected chi connectivity index (χ3v) is 3.63. The fourth-order valence-electron chi connectivity index (χ4n) is 2.26. The van der Waals surface area contributed by atoms with E-state index < -0.39 is 24.0 Å². The first-order valence-corrected chi connectivity index (χ1v) is 7.62. The Morgan fingerprint density at radius 1 is 1.19 bits per heavy atom. The van der Waals surface area contributed by atoms with Crippen molar-refractivity contribution in [1.82, 2.24) is 0 Å². The van der Waals surface area contributed by atoms with Gasteiger partial charge in [0.15, 0.2) is 0 Å². The summed E-state index contributed by atoms with van der Waals surface area (Å²) in [6.07, 6.45) is 10.2. The highest BCUT2D eigenvalue weighted by atomic mass is 16.5. The minimum Gasteiger partial charge on any atom is -0.480 e. The molecule has 3 atom stereocenters. The van der Waals surface area contributed by atoms with Crippen LogP contribution < -0.4 is 11.5 Å². The number of hydrogen-bond acceptors (Lipinski definition) is 5. The van der Waals surface area contributed by atoms with E-state index in [4.69, 9.17) is 21.3 Å². The molecule has 0 heterocycles. The van der Waals surface area contributed by atoms with Gasteiger partial charge in [-0.05, 0) is 51.0 Å². The summed E-state index contributed by atoms with van der Waals surface area (Å²) >= 11 is 0. The monoisotopic (exact) mass is 298 g/mol. The molecule has 0 saturated carbocycles. The fraction of sp³-hybridized carbons (Fsp3) is 0.733. The van der Waals surface area contributed by atoms with Crippen molar-refractivity contribution in [3.63, 3.8) is 0 Å². The van der Waals surface area contributed by atoms with Gasteiger partial charge in [0.05, 0.1) is 0 Å². The summed E-state index contributed by atoms with van der Waals surface area (Å²) in [5, 5.41) is 8.67. The van der Waals surface area contributed by atoms with Gasteiger partial charge in [-0.2, -0.15) is 0 Å². The molecule has 0 spiro atoms. The van der Waals surface area contributed by atoms with Crippen LogP contribution in [0.5, 0.6) is 0 Å². The van der Waals surface area contributed by atoms with Gasteiger partial charge in [-0.3, -0.25) is 9.59 Å². The zero-order valence-electron chi connectivity index (χ0n) is 12.4. The quantitative estimate of drug-likeness (QED) is 0.482. The van der Waals surface area contributed by atoms with Crippen molar-refractivity contribution in [2.24, 2.45) is 11.5 Å². The van der Waals surface area contributed by atoms with Crippen molar-refractivity contribution in [2.45, 2.75) is 69.6 Å². The van der Waals surface area contributed by atoms with Crippen molar-refractivity contribution in [2.75, 3.05) is 0 Å². The van der Waals surface area contributed by atoms with E-state index in [0.717, 1.165) is 25.7 Å². The number of nitrogens with two attached hydrogens (primary N) is 2. The zero-order chi connectivity index (χ0) is 15.7. The third kappa shape index (κ3) is 7.24. The summed E-state index contributed by atoms with van der Waals surface area (Å²) in [6, 6.07) is -1.62. The zero-order valence-corrected chi connectivity index (χ0v) is 12.4. The van der Waals surface area contributed by atoms with E-state index in [0.29, 0.717) is 19.3 Å². The van der Waals surface area contributed by atoms with Crippen LogP contribution in [0.2, 0.25) is 0 Å². The highest BCUT2D eigenvalue weighted by molar-refractivity contribution is 5.75. The standard InChI is InChI=1S/C15H26N2O4/c16-12(14(18)19)9-6-10-13(17)15(20)21-11-7-4-2-1-3-5-8-11/h4,7,11-13H,1-3,5-6,8-10,16-17H2,(H,18,19)/b7-4+/t11-,12+,13?/m1/s1. The average molecular weight is 298 g/mol. The first kappa shape index (κ1) is 17.7. The molecule has 0 aromatic heterocycles. The molecule has 0 saturated heterocycles. The van der Waals surface area contributed by atoms with Crippen molar-refractivity contribution in [3.05, 3.63) is 12.2 Å². The molecule has 1 aliphatic rings. The Morgan fingerprint density at radius 2 is 1.90 bits per heavy atom. The second-order valence-corrected chi connectivity index (χ2v) is 5.52. The molecule has 0 aromatic carbocycles. The van der Waals surface area contributed by atoms with Crippen LogP contribution in [0, 0.1) is 0 Å². The van der Waals surface area contributed by atoms with E-state index in [2.05, 4.69) is 6.08 Å². The van der Waals surface area contributed by atoms with Gasteiger partial charge in [-0.1, -0.05) is 12.5 Å². The Kier molecular flexibility index (Phi) is 8.00. The van der Waals surface area contributed by atoms with Crippen molar-refractivity contribution < 1.29 is 19.4 Å². The molecule has 6 heteroatoms. The van der Waals surface area contributed by atoms with Gasteiger partial charge in [0, 0.05) is 0 Å². The summed E-state index contributed by atoms with van der Waals surface area (Å²) in [5.41, 5.74) is 11.2. The number of carboxylic acid groups (broad SMARTS) is 1. The normalized spacial score (nSPS) is 23.4. The minimum absolute atomic E-state index is 0.190. The molecular formula is C15H26N2O4. The predicted molar refractivity (Wildman–Crippen MR) is 79.5 cm³/mol. The maximum absolute atomic E-state index is 11.9. The highest BCUT2D eigenvalue weighted by Gasteiger charge is 2.20. The number of allylic oxidation sites excluding steroid dienone is 1. The van der Waals surface area contributed by atoms with Crippen LogP contribution in [0.15, 0.2) is 12.2 Å². The molecule has 0 bridgehead atoms. The molecule has 5 N–H and O–H groups in total. The molecule has 6 nitrogen and oxygen atoms in total. The van der Waals surface area contributed by atoms with Gasteiger partial charge >= 0.3 is 11.9 Å². The molecule has 1 unspecified atom stereocenters. The van der Waals surface area contributed by atoms with E-state index in [1.165, 1.54) is 6.42 Å². The second kappa shape index (κ2) is 9.52. The Labute approximate surface area is 125 Å². The number of carboxylic acids is 1. The third-order valence-electron chi connectivity index (χ3n) is 3.63. The summed E-state index contributed by atoms with van der Waals surface area (Å²) in [6.45, 7) is 0.